The Morgan fingerprint density at radius 2 is 2.00 bits per heavy atom. The molecule has 0 aliphatic carbocycles. The highest BCUT2D eigenvalue weighted by Gasteiger charge is 2.09. The van der Waals surface area contributed by atoms with E-state index in [1.54, 1.807) is 0 Å². The molecule has 0 amide bonds. The lowest BCUT2D eigenvalue weighted by Crippen LogP contribution is -2.06. The van der Waals surface area contributed by atoms with Crippen LogP contribution in [0, 0.1) is 0 Å². The molecule has 0 bridgehead atoms. The lowest BCUT2D eigenvalue weighted by atomic mass is 10.1. The van der Waals surface area contributed by atoms with Gasteiger partial charge in [-0.15, -0.1) is 0 Å². The van der Waals surface area contributed by atoms with Gasteiger partial charge in [0.2, 0.25) is 0 Å². The standard InChI is InChI=1S/C10H10O4S/c11-15(12,13)6-5-8-7-14-10-4-2-1-3-9(8)10/h1-4,7H,5-6H2,(H,11,12,13). The zero-order valence-electron chi connectivity index (χ0n) is 7.88. The minimum absolute atomic E-state index is 0.260. The first-order chi connectivity index (χ1) is 7.06. The lowest BCUT2D eigenvalue weighted by molar-refractivity contribution is 0.482. The highest BCUT2D eigenvalue weighted by molar-refractivity contribution is 7.85. The van der Waals surface area contributed by atoms with Crippen molar-refractivity contribution in [3.05, 3.63) is 36.1 Å². The van der Waals surface area contributed by atoms with Crippen molar-refractivity contribution >= 4 is 21.1 Å². The summed E-state index contributed by atoms with van der Waals surface area (Å²) in [6.45, 7) is 0. The molecule has 0 aliphatic heterocycles. The normalized spacial score (nSPS) is 12.1. The zero-order valence-corrected chi connectivity index (χ0v) is 8.70. The molecule has 0 saturated carbocycles. The smallest absolute Gasteiger partial charge is 0.265 e. The molecule has 80 valence electrons. The summed E-state index contributed by atoms with van der Waals surface area (Å²) in [5.74, 6) is -0.281. The highest BCUT2D eigenvalue weighted by atomic mass is 32.2. The van der Waals surface area contributed by atoms with Crippen LogP contribution < -0.4 is 0 Å². The van der Waals surface area contributed by atoms with Gasteiger partial charge in [0.05, 0.1) is 12.0 Å². The second kappa shape index (κ2) is 3.67. The van der Waals surface area contributed by atoms with Gasteiger partial charge in [-0.2, -0.15) is 8.42 Å². The first kappa shape index (κ1) is 10.2. The van der Waals surface area contributed by atoms with E-state index in [0.717, 1.165) is 16.5 Å². The molecule has 0 atom stereocenters. The van der Waals surface area contributed by atoms with Gasteiger partial charge in [-0.3, -0.25) is 4.55 Å². The second-order valence-electron chi connectivity index (χ2n) is 3.29. The van der Waals surface area contributed by atoms with Crippen LogP contribution in [-0.4, -0.2) is 18.7 Å². The Balaban J connectivity index is 2.29. The molecule has 1 aromatic heterocycles. The highest BCUT2D eigenvalue weighted by Crippen LogP contribution is 2.21. The maximum atomic E-state index is 10.6. The van der Waals surface area contributed by atoms with Crippen LogP contribution in [0.4, 0.5) is 0 Å². The van der Waals surface area contributed by atoms with E-state index in [1.165, 1.54) is 6.26 Å². The Hall–Kier alpha value is -1.33. The van der Waals surface area contributed by atoms with Gasteiger partial charge in [-0.1, -0.05) is 18.2 Å². The van der Waals surface area contributed by atoms with Gasteiger partial charge in [-0.25, -0.2) is 0 Å². The van der Waals surface area contributed by atoms with E-state index >= 15 is 0 Å². The topological polar surface area (TPSA) is 67.5 Å². The minimum Gasteiger partial charge on any atom is -0.464 e. The quantitative estimate of drug-likeness (QED) is 0.811. The summed E-state index contributed by atoms with van der Waals surface area (Å²) in [7, 11) is -3.91. The number of fused-ring (bicyclic) bond motifs is 1. The molecule has 0 unspecified atom stereocenters. The summed E-state index contributed by atoms with van der Waals surface area (Å²) in [4.78, 5) is 0. The van der Waals surface area contributed by atoms with Crippen molar-refractivity contribution in [2.24, 2.45) is 0 Å². The summed E-state index contributed by atoms with van der Waals surface area (Å²) >= 11 is 0. The molecule has 1 aromatic carbocycles. The number of hydrogen-bond acceptors (Lipinski definition) is 3. The Labute approximate surface area is 87.3 Å². The van der Waals surface area contributed by atoms with Gasteiger partial charge >= 0.3 is 0 Å². The second-order valence-corrected chi connectivity index (χ2v) is 4.87. The third kappa shape index (κ3) is 2.37. The largest absolute Gasteiger partial charge is 0.464 e. The van der Waals surface area contributed by atoms with Gasteiger partial charge in [0.15, 0.2) is 0 Å². The molecular weight excluding hydrogens is 216 g/mol. The molecule has 0 radical (unpaired) electrons. The third-order valence-corrected chi connectivity index (χ3v) is 2.91. The number of aryl methyl sites for hydroxylation is 1. The van der Waals surface area contributed by atoms with Crippen molar-refractivity contribution in [1.82, 2.24) is 0 Å². The summed E-state index contributed by atoms with van der Waals surface area (Å²) in [6.07, 6.45) is 1.78. The maximum Gasteiger partial charge on any atom is 0.265 e. The molecule has 1 heterocycles. The van der Waals surface area contributed by atoms with Gasteiger partial charge < -0.3 is 4.42 Å². The molecule has 0 spiro atoms. The van der Waals surface area contributed by atoms with Gasteiger partial charge in [0.25, 0.3) is 10.1 Å². The summed E-state index contributed by atoms with van der Waals surface area (Å²) in [6, 6.07) is 7.37. The molecule has 0 fully saturated rings. The monoisotopic (exact) mass is 226 g/mol. The van der Waals surface area contributed by atoms with E-state index in [2.05, 4.69) is 0 Å². The average Bonchev–Trinajstić information content (AvgIpc) is 2.57. The fraction of sp³-hybridized carbons (Fsp3) is 0.200. The number of hydrogen-bond donors (Lipinski definition) is 1. The molecule has 4 nitrogen and oxygen atoms in total. The van der Waals surface area contributed by atoms with Gasteiger partial charge in [-0.05, 0) is 18.1 Å². The van der Waals surface area contributed by atoms with Crippen molar-refractivity contribution in [3.63, 3.8) is 0 Å². The van der Waals surface area contributed by atoms with Gasteiger partial charge in [0, 0.05) is 5.39 Å². The van der Waals surface area contributed by atoms with Crippen LogP contribution >= 0.6 is 0 Å². The van der Waals surface area contributed by atoms with E-state index in [9.17, 15) is 8.42 Å². The molecular formula is C10H10O4S. The van der Waals surface area contributed by atoms with Crippen molar-refractivity contribution in [2.45, 2.75) is 6.42 Å². The van der Waals surface area contributed by atoms with Crippen LogP contribution in [0.15, 0.2) is 34.9 Å². The van der Waals surface area contributed by atoms with Crippen LogP contribution in [0.25, 0.3) is 11.0 Å². The number of benzene rings is 1. The molecule has 0 saturated heterocycles. The zero-order chi connectivity index (χ0) is 10.9. The van der Waals surface area contributed by atoms with Crippen molar-refractivity contribution in [2.75, 3.05) is 5.75 Å². The van der Waals surface area contributed by atoms with Crippen molar-refractivity contribution in [1.29, 1.82) is 0 Å². The fourth-order valence-corrected chi connectivity index (χ4v) is 1.94. The maximum absolute atomic E-state index is 10.6. The SMILES string of the molecule is O=S(=O)(O)CCc1coc2ccccc12. The first-order valence-corrected chi connectivity index (χ1v) is 6.07. The Morgan fingerprint density at radius 1 is 1.27 bits per heavy atom. The van der Waals surface area contributed by atoms with E-state index in [-0.39, 0.29) is 12.2 Å². The van der Waals surface area contributed by atoms with Crippen molar-refractivity contribution < 1.29 is 17.4 Å². The van der Waals surface area contributed by atoms with Crippen LogP contribution in [0.2, 0.25) is 0 Å². The molecule has 2 rings (SSSR count). The molecule has 0 aliphatic rings. The summed E-state index contributed by atoms with van der Waals surface area (Å²) in [5.41, 5.74) is 1.52. The number of rotatable bonds is 3. The summed E-state index contributed by atoms with van der Waals surface area (Å²) in [5, 5.41) is 0.890. The number of furan rings is 1. The van der Waals surface area contributed by atoms with Crippen LogP contribution in [0.1, 0.15) is 5.56 Å². The van der Waals surface area contributed by atoms with Crippen LogP contribution in [0.5, 0.6) is 0 Å². The van der Waals surface area contributed by atoms with Crippen LogP contribution in [0.3, 0.4) is 0 Å². The molecule has 2 aromatic rings. The first-order valence-electron chi connectivity index (χ1n) is 4.46. The van der Waals surface area contributed by atoms with E-state index in [0.29, 0.717) is 0 Å². The molecule has 1 N–H and O–H groups in total. The fourth-order valence-electron chi connectivity index (χ4n) is 1.47. The Morgan fingerprint density at radius 3 is 2.73 bits per heavy atom. The van der Waals surface area contributed by atoms with Gasteiger partial charge in [0.1, 0.15) is 5.58 Å². The minimum atomic E-state index is -3.91. The molecule has 5 heteroatoms. The van der Waals surface area contributed by atoms with E-state index in [1.807, 2.05) is 24.3 Å². The van der Waals surface area contributed by atoms with Crippen LogP contribution in [-0.2, 0) is 16.5 Å². The predicted octanol–water partition coefficient (Wildman–Crippen LogP) is 1.86. The van der Waals surface area contributed by atoms with E-state index < -0.39 is 10.1 Å². The Bertz CT molecular complexity index is 568. The third-order valence-electron chi connectivity index (χ3n) is 2.19. The number of para-hydroxylation sites is 1. The summed E-state index contributed by atoms with van der Waals surface area (Å²) < 4.78 is 35.0. The predicted molar refractivity (Wildman–Crippen MR) is 56.3 cm³/mol. The molecule has 15 heavy (non-hydrogen) atoms. The van der Waals surface area contributed by atoms with E-state index in [4.69, 9.17) is 8.97 Å². The van der Waals surface area contributed by atoms with Crippen molar-refractivity contribution in [3.8, 4) is 0 Å². The lowest BCUT2D eigenvalue weighted by Gasteiger charge is -1.95. The average molecular weight is 226 g/mol. The Kier molecular flexibility index (Phi) is 2.50.